The van der Waals surface area contributed by atoms with Crippen LogP contribution in [0.2, 0.25) is 0 Å². The highest BCUT2D eigenvalue weighted by atomic mass is 79.9. The fourth-order valence-corrected chi connectivity index (χ4v) is 3.81. The first-order valence-corrected chi connectivity index (χ1v) is 10.2. The minimum absolute atomic E-state index is 0.199. The van der Waals surface area contributed by atoms with Gasteiger partial charge in [0.05, 0.1) is 4.47 Å². The molecule has 0 radical (unpaired) electrons. The molecule has 0 atom stereocenters. The normalized spacial score (nSPS) is 20.2. The Balaban J connectivity index is 1.74. The molecular weight excluding hydrogens is 394 g/mol. The summed E-state index contributed by atoms with van der Waals surface area (Å²) in [5.41, 5.74) is 0. The number of aromatic nitrogens is 2. The SMILES string of the molecule is CN(C)CCCN(C)C(=O)C1CCC(CN(C)c2ncc(Br)cn2)CC1. The molecule has 1 saturated carbocycles. The van der Waals surface area contributed by atoms with Crippen LogP contribution in [0.15, 0.2) is 16.9 Å². The van der Waals surface area contributed by atoms with E-state index in [-0.39, 0.29) is 5.92 Å². The van der Waals surface area contributed by atoms with Gasteiger partial charge in [-0.05, 0) is 74.6 Å². The van der Waals surface area contributed by atoms with Gasteiger partial charge in [-0.3, -0.25) is 4.79 Å². The Morgan fingerprint density at radius 3 is 2.27 bits per heavy atom. The first kappa shape index (κ1) is 21.1. The summed E-state index contributed by atoms with van der Waals surface area (Å²) in [5.74, 6) is 1.89. The summed E-state index contributed by atoms with van der Waals surface area (Å²) in [5, 5.41) is 0. The second kappa shape index (κ2) is 10.2. The van der Waals surface area contributed by atoms with Crippen LogP contribution in [0.3, 0.4) is 0 Å². The Labute approximate surface area is 166 Å². The number of nitrogens with zero attached hydrogens (tertiary/aromatic N) is 5. The Morgan fingerprint density at radius 1 is 1.08 bits per heavy atom. The van der Waals surface area contributed by atoms with E-state index < -0.39 is 0 Å². The van der Waals surface area contributed by atoms with E-state index in [1.807, 2.05) is 19.0 Å². The quantitative estimate of drug-likeness (QED) is 0.640. The van der Waals surface area contributed by atoms with Crippen molar-refractivity contribution in [1.29, 1.82) is 0 Å². The van der Waals surface area contributed by atoms with E-state index in [4.69, 9.17) is 0 Å². The van der Waals surface area contributed by atoms with E-state index >= 15 is 0 Å². The van der Waals surface area contributed by atoms with Crippen molar-refractivity contribution in [2.24, 2.45) is 11.8 Å². The monoisotopic (exact) mass is 425 g/mol. The molecule has 0 aromatic carbocycles. The maximum atomic E-state index is 12.6. The summed E-state index contributed by atoms with van der Waals surface area (Å²) in [6.45, 7) is 2.82. The van der Waals surface area contributed by atoms with Crippen molar-refractivity contribution in [3.05, 3.63) is 16.9 Å². The molecule has 1 aliphatic rings. The van der Waals surface area contributed by atoms with Crippen LogP contribution in [0.5, 0.6) is 0 Å². The second-order valence-electron chi connectivity index (χ2n) is 7.72. The Bertz CT molecular complexity index is 558. The predicted octanol–water partition coefficient (Wildman–Crippen LogP) is 2.89. The van der Waals surface area contributed by atoms with Crippen molar-refractivity contribution < 1.29 is 4.79 Å². The summed E-state index contributed by atoms with van der Waals surface area (Å²) < 4.78 is 0.892. The first-order valence-electron chi connectivity index (χ1n) is 9.45. The third-order valence-electron chi connectivity index (χ3n) is 5.15. The molecule has 2 rings (SSSR count). The average molecular weight is 426 g/mol. The molecule has 1 aromatic rings. The van der Waals surface area contributed by atoms with Crippen LogP contribution in [-0.4, -0.2) is 73.5 Å². The van der Waals surface area contributed by atoms with Gasteiger partial charge in [0.15, 0.2) is 0 Å². The van der Waals surface area contributed by atoms with Gasteiger partial charge in [0.25, 0.3) is 0 Å². The van der Waals surface area contributed by atoms with Crippen molar-refractivity contribution in [2.45, 2.75) is 32.1 Å². The molecule has 1 amide bonds. The van der Waals surface area contributed by atoms with Crippen molar-refractivity contribution >= 4 is 27.8 Å². The number of hydrogen-bond donors (Lipinski definition) is 0. The molecule has 1 aliphatic carbocycles. The average Bonchev–Trinajstić information content (AvgIpc) is 2.62. The molecule has 7 heteroatoms. The van der Waals surface area contributed by atoms with E-state index in [0.717, 1.165) is 62.2 Å². The molecule has 26 heavy (non-hydrogen) atoms. The largest absolute Gasteiger partial charge is 0.345 e. The summed E-state index contributed by atoms with van der Waals surface area (Å²) in [6.07, 6.45) is 8.78. The Kier molecular flexibility index (Phi) is 8.28. The third kappa shape index (κ3) is 6.50. The van der Waals surface area contributed by atoms with Crippen molar-refractivity contribution in [3.8, 4) is 0 Å². The zero-order chi connectivity index (χ0) is 19.1. The van der Waals surface area contributed by atoms with Crippen LogP contribution >= 0.6 is 15.9 Å². The van der Waals surface area contributed by atoms with Crippen LogP contribution in [0.4, 0.5) is 5.95 Å². The number of amides is 1. The topological polar surface area (TPSA) is 52.6 Å². The number of anilines is 1. The van der Waals surface area contributed by atoms with Gasteiger partial charge in [0, 0.05) is 45.5 Å². The van der Waals surface area contributed by atoms with Crippen LogP contribution in [0.25, 0.3) is 0 Å². The first-order chi connectivity index (χ1) is 12.4. The molecule has 1 fully saturated rings. The van der Waals surface area contributed by atoms with E-state index in [9.17, 15) is 4.79 Å². The minimum Gasteiger partial charge on any atom is -0.345 e. The summed E-state index contributed by atoms with van der Waals surface area (Å²) in [7, 11) is 8.13. The molecule has 1 aromatic heterocycles. The fraction of sp³-hybridized carbons (Fsp3) is 0.737. The van der Waals surface area contributed by atoms with Crippen molar-refractivity contribution in [3.63, 3.8) is 0 Å². The van der Waals surface area contributed by atoms with Gasteiger partial charge in [-0.1, -0.05) is 0 Å². The molecule has 146 valence electrons. The van der Waals surface area contributed by atoms with Crippen LogP contribution in [0, 0.1) is 11.8 Å². The fourth-order valence-electron chi connectivity index (χ4n) is 3.61. The zero-order valence-corrected chi connectivity index (χ0v) is 18.1. The lowest BCUT2D eigenvalue weighted by molar-refractivity contribution is -0.135. The summed E-state index contributed by atoms with van der Waals surface area (Å²) in [4.78, 5) is 27.5. The maximum Gasteiger partial charge on any atom is 0.225 e. The minimum atomic E-state index is 0.199. The van der Waals surface area contributed by atoms with Crippen LogP contribution < -0.4 is 4.90 Å². The highest BCUT2D eigenvalue weighted by Crippen LogP contribution is 2.30. The molecular formula is C19H32BrN5O. The highest BCUT2D eigenvalue weighted by molar-refractivity contribution is 9.10. The molecule has 1 heterocycles. The number of carbonyl (C=O) groups is 1. The number of hydrogen-bond acceptors (Lipinski definition) is 5. The Morgan fingerprint density at radius 2 is 1.69 bits per heavy atom. The van der Waals surface area contributed by atoms with Gasteiger partial charge in [-0.15, -0.1) is 0 Å². The van der Waals surface area contributed by atoms with Crippen molar-refractivity contribution in [2.75, 3.05) is 52.7 Å². The summed E-state index contributed by atoms with van der Waals surface area (Å²) in [6, 6.07) is 0. The van der Waals surface area contributed by atoms with Gasteiger partial charge < -0.3 is 14.7 Å². The lowest BCUT2D eigenvalue weighted by atomic mass is 9.81. The third-order valence-corrected chi connectivity index (χ3v) is 5.56. The number of carbonyl (C=O) groups excluding carboxylic acids is 1. The number of halogens is 1. The van der Waals surface area contributed by atoms with Crippen LogP contribution in [-0.2, 0) is 4.79 Å². The van der Waals surface area contributed by atoms with E-state index in [0.29, 0.717) is 11.8 Å². The Hall–Kier alpha value is -1.21. The van der Waals surface area contributed by atoms with Crippen molar-refractivity contribution in [1.82, 2.24) is 19.8 Å². The second-order valence-corrected chi connectivity index (χ2v) is 8.63. The maximum absolute atomic E-state index is 12.6. The van der Waals surface area contributed by atoms with Gasteiger partial charge in [-0.25, -0.2) is 9.97 Å². The molecule has 6 nitrogen and oxygen atoms in total. The van der Waals surface area contributed by atoms with Gasteiger partial charge >= 0.3 is 0 Å². The number of rotatable bonds is 8. The molecule has 0 bridgehead atoms. The van der Waals surface area contributed by atoms with E-state index in [2.05, 4.69) is 49.8 Å². The van der Waals surface area contributed by atoms with Gasteiger partial charge in [-0.2, -0.15) is 0 Å². The molecule has 0 aliphatic heterocycles. The smallest absolute Gasteiger partial charge is 0.225 e. The molecule has 0 spiro atoms. The van der Waals surface area contributed by atoms with Gasteiger partial charge in [0.1, 0.15) is 0 Å². The lowest BCUT2D eigenvalue weighted by Crippen LogP contribution is -2.37. The van der Waals surface area contributed by atoms with Gasteiger partial charge in [0.2, 0.25) is 11.9 Å². The highest BCUT2D eigenvalue weighted by Gasteiger charge is 2.28. The molecule has 0 N–H and O–H groups in total. The standard InChI is InChI=1S/C19H32BrN5O/c1-23(2)10-5-11-24(3)18(26)16-8-6-15(7-9-16)14-25(4)19-21-12-17(20)13-22-19/h12-13,15-16H,5-11,14H2,1-4H3. The van der Waals surface area contributed by atoms with Crippen LogP contribution in [0.1, 0.15) is 32.1 Å². The lowest BCUT2D eigenvalue weighted by Gasteiger charge is -2.32. The predicted molar refractivity (Wildman–Crippen MR) is 109 cm³/mol. The molecule has 0 unspecified atom stereocenters. The van der Waals surface area contributed by atoms with E-state index in [1.54, 1.807) is 12.4 Å². The van der Waals surface area contributed by atoms with E-state index in [1.165, 1.54) is 0 Å². The molecule has 0 saturated heterocycles. The zero-order valence-electron chi connectivity index (χ0n) is 16.5. The summed E-state index contributed by atoms with van der Waals surface area (Å²) >= 11 is 3.37.